The summed E-state index contributed by atoms with van der Waals surface area (Å²) in [7, 11) is 0. The number of nitrogens with zero attached hydrogens (tertiary/aromatic N) is 3. The number of nitro groups is 1. The first-order chi connectivity index (χ1) is 19.7. The van der Waals surface area contributed by atoms with Gasteiger partial charge in [0.1, 0.15) is 17.3 Å². The van der Waals surface area contributed by atoms with E-state index in [2.05, 4.69) is 4.99 Å². The van der Waals surface area contributed by atoms with Crippen LogP contribution in [0.5, 0.6) is 0 Å². The first-order valence-corrected chi connectivity index (χ1v) is 13.9. The van der Waals surface area contributed by atoms with E-state index in [-0.39, 0.29) is 21.3 Å². The van der Waals surface area contributed by atoms with Crippen molar-refractivity contribution in [1.29, 1.82) is 0 Å². The number of hydrogen-bond acceptors (Lipinski definition) is 6. The van der Waals surface area contributed by atoms with Gasteiger partial charge < -0.3 is 4.42 Å². The van der Waals surface area contributed by atoms with Gasteiger partial charge in [-0.2, -0.15) is 0 Å². The highest BCUT2D eigenvalue weighted by atomic mass is 35.5. The maximum atomic E-state index is 14.4. The van der Waals surface area contributed by atoms with Crippen LogP contribution in [-0.4, -0.2) is 9.49 Å². The molecule has 0 fully saturated rings. The Morgan fingerprint density at radius 1 is 1.05 bits per heavy atom. The van der Waals surface area contributed by atoms with Crippen LogP contribution in [0.15, 0.2) is 93.1 Å². The van der Waals surface area contributed by atoms with E-state index in [1.807, 2.05) is 30.3 Å². The number of benzene rings is 3. The van der Waals surface area contributed by atoms with Crippen LogP contribution >= 0.6 is 34.5 Å². The Hall–Kier alpha value is -4.31. The SMILES string of the molecule is Cc1cc([N+](=O)[O-])ccc1-c1ccc(/C=c2\sc3n(c2=O)C(c2ccccc2)C=C(c2cc(F)c(Cl)cc2Cl)N=3)o1. The van der Waals surface area contributed by atoms with Gasteiger partial charge in [-0.15, -0.1) is 0 Å². The number of furan rings is 1. The molecule has 0 saturated carbocycles. The summed E-state index contributed by atoms with van der Waals surface area (Å²) in [5, 5.41) is 11.2. The van der Waals surface area contributed by atoms with Crippen LogP contribution in [-0.2, 0) is 0 Å². The molecule has 1 unspecified atom stereocenters. The van der Waals surface area contributed by atoms with Gasteiger partial charge in [-0.1, -0.05) is 64.9 Å². The van der Waals surface area contributed by atoms with E-state index < -0.39 is 16.8 Å². The van der Waals surface area contributed by atoms with Gasteiger partial charge in [-0.25, -0.2) is 9.38 Å². The Bertz CT molecular complexity index is 2070. The van der Waals surface area contributed by atoms with E-state index in [0.717, 1.165) is 5.56 Å². The number of nitro benzene ring substituents is 1. The molecule has 0 amide bonds. The average molecular weight is 606 g/mol. The maximum Gasteiger partial charge on any atom is 0.271 e. The minimum atomic E-state index is -0.626. The monoisotopic (exact) mass is 605 g/mol. The summed E-state index contributed by atoms with van der Waals surface area (Å²) < 4.78 is 22.4. The molecule has 0 bridgehead atoms. The van der Waals surface area contributed by atoms with Crippen molar-refractivity contribution in [1.82, 2.24) is 4.57 Å². The Balaban J connectivity index is 1.47. The lowest BCUT2D eigenvalue weighted by Crippen LogP contribution is -2.36. The van der Waals surface area contributed by atoms with Crippen molar-refractivity contribution in [2.24, 2.45) is 4.99 Å². The van der Waals surface area contributed by atoms with E-state index in [1.54, 1.807) is 41.8 Å². The van der Waals surface area contributed by atoms with Crippen LogP contribution in [0.1, 0.15) is 28.5 Å². The van der Waals surface area contributed by atoms with E-state index in [4.69, 9.17) is 27.6 Å². The van der Waals surface area contributed by atoms with Gasteiger partial charge in [-0.3, -0.25) is 19.5 Å². The second kappa shape index (κ2) is 10.6. The molecule has 5 aromatic rings. The van der Waals surface area contributed by atoms with Gasteiger partial charge in [-0.05, 0) is 54.5 Å². The number of halogens is 3. The third-order valence-corrected chi connectivity index (χ3v) is 8.25. The third kappa shape index (κ3) is 5.04. The maximum absolute atomic E-state index is 14.4. The molecule has 7 nitrogen and oxygen atoms in total. The van der Waals surface area contributed by atoms with Crippen LogP contribution in [0.25, 0.3) is 23.1 Å². The predicted octanol–water partition coefficient (Wildman–Crippen LogP) is 6.92. The summed E-state index contributed by atoms with van der Waals surface area (Å²) in [5.41, 5.74) is 2.74. The summed E-state index contributed by atoms with van der Waals surface area (Å²) in [6.45, 7) is 1.77. The molecule has 0 aliphatic carbocycles. The molecule has 0 N–H and O–H groups in total. The van der Waals surface area contributed by atoms with Gasteiger partial charge in [0.05, 0.1) is 31.2 Å². The Labute approximate surface area is 245 Å². The summed E-state index contributed by atoms with van der Waals surface area (Å²) >= 11 is 13.5. The summed E-state index contributed by atoms with van der Waals surface area (Å²) in [4.78, 5) is 29.4. The predicted molar refractivity (Wildman–Crippen MR) is 157 cm³/mol. The Kier molecular flexibility index (Phi) is 6.94. The average Bonchev–Trinajstić information content (AvgIpc) is 3.54. The number of aryl methyl sites for hydroxylation is 1. The number of fused-ring (bicyclic) bond motifs is 1. The van der Waals surface area contributed by atoms with Crippen molar-refractivity contribution >= 4 is 52.0 Å². The van der Waals surface area contributed by atoms with Gasteiger partial charge in [0.25, 0.3) is 11.2 Å². The number of thiazole rings is 1. The molecule has 2 aromatic heterocycles. The minimum Gasteiger partial charge on any atom is -0.457 e. The zero-order valence-corrected chi connectivity index (χ0v) is 23.5. The fourth-order valence-corrected chi connectivity index (χ4v) is 6.16. The lowest BCUT2D eigenvalue weighted by molar-refractivity contribution is -0.384. The molecule has 41 heavy (non-hydrogen) atoms. The van der Waals surface area contributed by atoms with Crippen LogP contribution in [0.3, 0.4) is 0 Å². The molecule has 1 aliphatic heterocycles. The van der Waals surface area contributed by atoms with Crippen molar-refractivity contribution in [3.8, 4) is 11.3 Å². The highest BCUT2D eigenvalue weighted by Gasteiger charge is 2.24. The first-order valence-electron chi connectivity index (χ1n) is 12.3. The van der Waals surface area contributed by atoms with Crippen molar-refractivity contribution in [2.75, 3.05) is 0 Å². The molecular formula is C30H18Cl2FN3O4S. The number of allylic oxidation sites excluding steroid dienone is 1. The first kappa shape index (κ1) is 26.9. The Morgan fingerprint density at radius 2 is 1.83 bits per heavy atom. The fraction of sp³-hybridized carbons (Fsp3) is 0.0667. The standard InChI is InChI=1S/C30H18Cl2FN3O4S/c1-16-11-18(36(38)39)7-9-20(16)27-10-8-19(40-27)12-28-29(37)35-26(17-5-3-2-4-6-17)15-25(34-30(35)41-28)21-13-24(33)23(32)14-22(21)31/h2-15,26H,1H3/b28-12-. The fourth-order valence-electron chi connectivity index (χ4n) is 4.68. The smallest absolute Gasteiger partial charge is 0.271 e. The van der Waals surface area contributed by atoms with E-state index in [0.29, 0.717) is 43.2 Å². The normalized spacial score (nSPS) is 14.9. The van der Waals surface area contributed by atoms with Crippen LogP contribution < -0.4 is 14.9 Å². The number of rotatable bonds is 5. The van der Waals surface area contributed by atoms with Crippen LogP contribution in [0.4, 0.5) is 10.1 Å². The zero-order valence-electron chi connectivity index (χ0n) is 21.2. The molecule has 1 atom stereocenters. The van der Waals surface area contributed by atoms with E-state index in [1.165, 1.54) is 35.6 Å². The second-order valence-electron chi connectivity index (χ2n) is 9.29. The quantitative estimate of drug-likeness (QED) is 0.123. The number of aromatic nitrogens is 1. The van der Waals surface area contributed by atoms with Crippen molar-refractivity contribution in [2.45, 2.75) is 13.0 Å². The molecule has 0 radical (unpaired) electrons. The molecule has 204 valence electrons. The molecule has 6 rings (SSSR count). The van der Waals surface area contributed by atoms with Gasteiger partial charge in [0, 0.05) is 29.3 Å². The molecule has 11 heteroatoms. The zero-order chi connectivity index (χ0) is 28.8. The van der Waals surface area contributed by atoms with Gasteiger partial charge >= 0.3 is 0 Å². The largest absolute Gasteiger partial charge is 0.457 e. The molecule has 0 saturated heterocycles. The van der Waals surface area contributed by atoms with E-state index >= 15 is 0 Å². The lowest BCUT2D eigenvalue weighted by atomic mass is 10.0. The van der Waals surface area contributed by atoms with Crippen LogP contribution in [0, 0.1) is 22.9 Å². The highest BCUT2D eigenvalue weighted by Crippen LogP contribution is 2.34. The second-order valence-corrected chi connectivity index (χ2v) is 11.1. The van der Waals surface area contributed by atoms with Crippen LogP contribution in [0.2, 0.25) is 10.0 Å². The van der Waals surface area contributed by atoms with Crippen molar-refractivity contribution in [3.05, 3.63) is 147 Å². The summed E-state index contributed by atoms with van der Waals surface area (Å²) in [6, 6.07) is 19.5. The molecule has 1 aliphatic rings. The lowest BCUT2D eigenvalue weighted by Gasteiger charge is -2.20. The van der Waals surface area contributed by atoms with Gasteiger partial charge in [0.15, 0.2) is 4.80 Å². The minimum absolute atomic E-state index is 0.00546. The highest BCUT2D eigenvalue weighted by molar-refractivity contribution is 7.07. The van der Waals surface area contributed by atoms with Crippen molar-refractivity contribution < 1.29 is 13.7 Å². The molecular weight excluding hydrogens is 588 g/mol. The Morgan fingerprint density at radius 3 is 2.56 bits per heavy atom. The topological polar surface area (TPSA) is 90.6 Å². The van der Waals surface area contributed by atoms with Crippen molar-refractivity contribution in [3.63, 3.8) is 0 Å². The molecule has 0 spiro atoms. The van der Waals surface area contributed by atoms with Gasteiger partial charge in [0.2, 0.25) is 0 Å². The molecule has 3 heterocycles. The number of non-ortho nitro benzene ring substituents is 1. The van der Waals surface area contributed by atoms with E-state index in [9.17, 15) is 19.3 Å². The summed E-state index contributed by atoms with van der Waals surface area (Å²) in [6.07, 6.45) is 3.41. The number of hydrogen-bond donors (Lipinski definition) is 0. The molecule has 3 aromatic carbocycles. The third-order valence-electron chi connectivity index (χ3n) is 6.66. The summed E-state index contributed by atoms with van der Waals surface area (Å²) in [5.74, 6) is 0.320.